The first-order chi connectivity index (χ1) is 8.59. The summed E-state index contributed by atoms with van der Waals surface area (Å²) in [4.78, 5) is 24.6. The Hall–Kier alpha value is -1.91. The number of carbonyl (C=O) groups is 2. The molecule has 1 atom stereocenters. The number of carboxylic acids is 1. The fourth-order valence-electron chi connectivity index (χ4n) is 2.19. The zero-order chi connectivity index (χ0) is 13.1. The van der Waals surface area contributed by atoms with Crippen LogP contribution >= 0.6 is 0 Å². The molecule has 1 heterocycles. The molecule has 1 amide bonds. The molecular weight excluding hydrogens is 237 g/mol. The molecule has 96 valence electrons. The first-order valence-electron chi connectivity index (χ1n) is 5.89. The summed E-state index contributed by atoms with van der Waals surface area (Å²) in [6.45, 7) is 0.438. The van der Waals surface area contributed by atoms with Crippen LogP contribution in [0.5, 0.6) is 0 Å². The minimum Gasteiger partial charge on any atom is -0.480 e. The molecule has 0 spiro atoms. The lowest BCUT2D eigenvalue weighted by molar-refractivity contribution is -0.143. The predicted molar refractivity (Wildman–Crippen MR) is 62.7 cm³/mol. The number of hydrogen-bond donors (Lipinski definition) is 1. The van der Waals surface area contributed by atoms with Crippen LogP contribution in [0.4, 0.5) is 4.39 Å². The minimum atomic E-state index is -0.981. The number of rotatable bonds is 2. The van der Waals surface area contributed by atoms with Crippen LogP contribution < -0.4 is 0 Å². The van der Waals surface area contributed by atoms with Gasteiger partial charge < -0.3 is 10.0 Å². The maximum absolute atomic E-state index is 12.8. The molecule has 1 aliphatic rings. The zero-order valence-electron chi connectivity index (χ0n) is 9.80. The van der Waals surface area contributed by atoms with E-state index < -0.39 is 17.8 Å². The van der Waals surface area contributed by atoms with Crippen LogP contribution in [0.3, 0.4) is 0 Å². The molecule has 0 aliphatic carbocycles. The monoisotopic (exact) mass is 251 g/mol. The normalized spacial score (nSPS) is 19.6. The van der Waals surface area contributed by atoms with Gasteiger partial charge in [-0.1, -0.05) is 0 Å². The number of hydrogen-bond acceptors (Lipinski definition) is 2. The molecule has 1 fully saturated rings. The molecule has 0 unspecified atom stereocenters. The van der Waals surface area contributed by atoms with Crippen molar-refractivity contribution in [3.05, 3.63) is 35.6 Å². The lowest BCUT2D eigenvalue weighted by Gasteiger charge is -2.33. The number of benzene rings is 1. The maximum atomic E-state index is 12.8. The molecule has 18 heavy (non-hydrogen) atoms. The third kappa shape index (κ3) is 2.50. The Bertz CT molecular complexity index is 458. The second-order valence-corrected chi connectivity index (χ2v) is 4.36. The van der Waals surface area contributed by atoms with E-state index in [1.165, 1.54) is 29.2 Å². The van der Waals surface area contributed by atoms with Gasteiger partial charge in [-0.2, -0.15) is 0 Å². The first-order valence-corrected chi connectivity index (χ1v) is 5.89. The van der Waals surface area contributed by atoms with Crippen molar-refractivity contribution in [3.63, 3.8) is 0 Å². The number of piperidine rings is 1. The lowest BCUT2D eigenvalue weighted by Crippen LogP contribution is -2.47. The fraction of sp³-hybridized carbons (Fsp3) is 0.385. The van der Waals surface area contributed by atoms with Gasteiger partial charge in [0.15, 0.2) is 0 Å². The van der Waals surface area contributed by atoms with Gasteiger partial charge in [0.1, 0.15) is 11.9 Å². The summed E-state index contributed by atoms with van der Waals surface area (Å²) in [6, 6.07) is 4.40. The van der Waals surface area contributed by atoms with E-state index in [4.69, 9.17) is 5.11 Å². The van der Waals surface area contributed by atoms with Gasteiger partial charge in [0, 0.05) is 12.1 Å². The van der Waals surface area contributed by atoms with Crippen LogP contribution in [0.2, 0.25) is 0 Å². The minimum absolute atomic E-state index is 0.324. The van der Waals surface area contributed by atoms with Crippen molar-refractivity contribution in [3.8, 4) is 0 Å². The molecule has 1 aliphatic heterocycles. The molecule has 0 aromatic heterocycles. The second-order valence-electron chi connectivity index (χ2n) is 4.36. The molecule has 1 saturated heterocycles. The number of halogens is 1. The predicted octanol–water partition coefficient (Wildman–Crippen LogP) is 1.91. The third-order valence-electron chi connectivity index (χ3n) is 3.14. The number of carboxylic acid groups (broad SMARTS) is 1. The lowest BCUT2D eigenvalue weighted by atomic mass is 10.0. The quantitative estimate of drug-likeness (QED) is 0.873. The Kier molecular flexibility index (Phi) is 3.60. The van der Waals surface area contributed by atoms with Crippen molar-refractivity contribution in [1.29, 1.82) is 0 Å². The average Bonchev–Trinajstić information content (AvgIpc) is 2.39. The average molecular weight is 251 g/mol. The van der Waals surface area contributed by atoms with Crippen molar-refractivity contribution in [2.75, 3.05) is 6.54 Å². The Balaban J connectivity index is 2.20. The van der Waals surface area contributed by atoms with E-state index in [9.17, 15) is 14.0 Å². The van der Waals surface area contributed by atoms with Gasteiger partial charge in [-0.25, -0.2) is 9.18 Å². The summed E-state index contributed by atoms with van der Waals surface area (Å²) >= 11 is 0. The molecule has 0 bridgehead atoms. The summed E-state index contributed by atoms with van der Waals surface area (Å²) in [5.41, 5.74) is 0.324. The summed E-state index contributed by atoms with van der Waals surface area (Å²) in [5, 5.41) is 9.09. The Morgan fingerprint density at radius 2 is 1.89 bits per heavy atom. The van der Waals surface area contributed by atoms with Crippen LogP contribution in [0.15, 0.2) is 24.3 Å². The van der Waals surface area contributed by atoms with Crippen LogP contribution in [0, 0.1) is 5.82 Å². The molecule has 5 heteroatoms. The number of amides is 1. The number of likely N-dealkylation sites (tertiary alicyclic amines) is 1. The van der Waals surface area contributed by atoms with Crippen LogP contribution in [-0.4, -0.2) is 34.5 Å². The first kappa shape index (κ1) is 12.5. The SMILES string of the molecule is O=C(O)[C@H]1CCCCN1C(=O)c1ccc(F)cc1. The largest absolute Gasteiger partial charge is 0.480 e. The van der Waals surface area contributed by atoms with Gasteiger partial charge in [0.2, 0.25) is 0 Å². The van der Waals surface area contributed by atoms with Crippen molar-refractivity contribution in [2.24, 2.45) is 0 Å². The van der Waals surface area contributed by atoms with Gasteiger partial charge >= 0.3 is 5.97 Å². The van der Waals surface area contributed by atoms with Gasteiger partial charge in [-0.05, 0) is 43.5 Å². The summed E-state index contributed by atoms with van der Waals surface area (Å²) in [7, 11) is 0. The highest BCUT2D eigenvalue weighted by atomic mass is 19.1. The highest BCUT2D eigenvalue weighted by Crippen LogP contribution is 2.20. The zero-order valence-corrected chi connectivity index (χ0v) is 9.80. The van der Waals surface area contributed by atoms with E-state index >= 15 is 0 Å². The summed E-state index contributed by atoms with van der Waals surface area (Å²) < 4.78 is 12.8. The number of carbonyl (C=O) groups excluding carboxylic acids is 1. The second kappa shape index (κ2) is 5.16. The maximum Gasteiger partial charge on any atom is 0.326 e. The van der Waals surface area contributed by atoms with Crippen molar-refractivity contribution in [2.45, 2.75) is 25.3 Å². The van der Waals surface area contributed by atoms with E-state index in [0.29, 0.717) is 18.5 Å². The van der Waals surface area contributed by atoms with E-state index in [2.05, 4.69) is 0 Å². The Morgan fingerprint density at radius 3 is 2.50 bits per heavy atom. The van der Waals surface area contributed by atoms with Crippen LogP contribution in [-0.2, 0) is 4.79 Å². The smallest absolute Gasteiger partial charge is 0.326 e. The molecule has 2 rings (SSSR count). The number of nitrogens with zero attached hydrogens (tertiary/aromatic N) is 1. The molecular formula is C13H14FNO3. The van der Waals surface area contributed by atoms with Gasteiger partial charge in [-0.15, -0.1) is 0 Å². The van der Waals surface area contributed by atoms with Crippen molar-refractivity contribution in [1.82, 2.24) is 4.90 Å². The van der Waals surface area contributed by atoms with E-state index in [1.807, 2.05) is 0 Å². The van der Waals surface area contributed by atoms with E-state index in [-0.39, 0.29) is 5.91 Å². The van der Waals surface area contributed by atoms with Crippen LogP contribution in [0.1, 0.15) is 29.6 Å². The fourth-order valence-corrected chi connectivity index (χ4v) is 2.19. The molecule has 1 aromatic rings. The molecule has 1 aromatic carbocycles. The number of aliphatic carboxylic acids is 1. The summed E-state index contributed by atoms with van der Waals surface area (Å²) in [5.74, 6) is -1.74. The molecule has 1 N–H and O–H groups in total. The Labute approximate surface area is 104 Å². The van der Waals surface area contributed by atoms with Crippen molar-refractivity contribution < 1.29 is 19.1 Å². The van der Waals surface area contributed by atoms with Gasteiger partial charge in [-0.3, -0.25) is 4.79 Å². The third-order valence-corrected chi connectivity index (χ3v) is 3.14. The summed E-state index contributed by atoms with van der Waals surface area (Å²) in [6.07, 6.45) is 2.09. The van der Waals surface area contributed by atoms with E-state index in [1.54, 1.807) is 0 Å². The molecule has 4 nitrogen and oxygen atoms in total. The highest BCUT2D eigenvalue weighted by Gasteiger charge is 2.32. The topological polar surface area (TPSA) is 57.6 Å². The standard InChI is InChI=1S/C13H14FNO3/c14-10-6-4-9(5-7-10)12(16)15-8-2-1-3-11(15)13(17)18/h4-7,11H,1-3,8H2,(H,17,18)/t11-/m1/s1. The molecule has 0 saturated carbocycles. The highest BCUT2D eigenvalue weighted by molar-refractivity contribution is 5.96. The van der Waals surface area contributed by atoms with Gasteiger partial charge in [0.25, 0.3) is 5.91 Å². The van der Waals surface area contributed by atoms with Crippen molar-refractivity contribution >= 4 is 11.9 Å². The van der Waals surface area contributed by atoms with E-state index in [0.717, 1.165) is 12.8 Å². The van der Waals surface area contributed by atoms with Crippen LogP contribution in [0.25, 0.3) is 0 Å². The molecule has 0 radical (unpaired) electrons. The Morgan fingerprint density at radius 1 is 1.22 bits per heavy atom. The van der Waals surface area contributed by atoms with Gasteiger partial charge in [0.05, 0.1) is 0 Å².